The van der Waals surface area contributed by atoms with Crippen LogP contribution < -0.4 is 0 Å². The van der Waals surface area contributed by atoms with Crippen LogP contribution in [0.4, 0.5) is 0 Å². The predicted octanol–water partition coefficient (Wildman–Crippen LogP) is -0.591. The Bertz CT molecular complexity index is 353. The first kappa shape index (κ1) is 13.2. The van der Waals surface area contributed by atoms with Crippen molar-refractivity contribution in [2.75, 3.05) is 32.8 Å². The number of rotatable bonds is 3. The van der Waals surface area contributed by atoms with Gasteiger partial charge in [-0.2, -0.15) is 17.0 Å². The molecule has 2 heterocycles. The Balaban J connectivity index is 2.09. The molecule has 0 aromatic heterocycles. The van der Waals surface area contributed by atoms with Crippen molar-refractivity contribution in [1.29, 1.82) is 0 Å². The van der Waals surface area contributed by atoms with Crippen molar-refractivity contribution >= 4 is 10.2 Å². The molecule has 6 nitrogen and oxygen atoms in total. The summed E-state index contributed by atoms with van der Waals surface area (Å²) in [6.07, 6.45) is 1.29. The molecule has 2 saturated heterocycles. The van der Waals surface area contributed by atoms with Crippen LogP contribution in [0.2, 0.25) is 0 Å². The Morgan fingerprint density at radius 2 is 1.88 bits per heavy atom. The first-order valence-electron chi connectivity index (χ1n) is 6.05. The largest absolute Gasteiger partial charge is 0.394 e. The van der Waals surface area contributed by atoms with Gasteiger partial charge in [0.05, 0.1) is 18.8 Å². The molecule has 0 aliphatic carbocycles. The van der Waals surface area contributed by atoms with E-state index in [0.29, 0.717) is 19.6 Å². The maximum atomic E-state index is 12.3. The SMILES string of the molecule is CC1CN(S(=O)(=O)N2CCCC2)CC(CO)O1. The second-order valence-electron chi connectivity index (χ2n) is 4.68. The highest BCUT2D eigenvalue weighted by Crippen LogP contribution is 2.20. The van der Waals surface area contributed by atoms with Gasteiger partial charge in [0.15, 0.2) is 0 Å². The zero-order chi connectivity index (χ0) is 12.5. The van der Waals surface area contributed by atoms with Crippen LogP contribution >= 0.6 is 0 Å². The van der Waals surface area contributed by atoms with E-state index in [2.05, 4.69) is 0 Å². The molecule has 0 saturated carbocycles. The van der Waals surface area contributed by atoms with Crippen LogP contribution in [0.5, 0.6) is 0 Å². The Hall–Kier alpha value is -0.210. The highest BCUT2D eigenvalue weighted by Gasteiger charge is 2.37. The molecular weight excluding hydrogens is 244 g/mol. The van der Waals surface area contributed by atoms with E-state index in [-0.39, 0.29) is 19.3 Å². The third-order valence-corrected chi connectivity index (χ3v) is 5.18. The van der Waals surface area contributed by atoms with Crippen molar-refractivity contribution in [3.8, 4) is 0 Å². The second kappa shape index (κ2) is 5.19. The van der Waals surface area contributed by atoms with Gasteiger partial charge in [-0.05, 0) is 19.8 Å². The van der Waals surface area contributed by atoms with Crippen molar-refractivity contribution in [2.24, 2.45) is 0 Å². The number of aliphatic hydroxyl groups excluding tert-OH is 1. The normalized spacial score (nSPS) is 33.1. The van der Waals surface area contributed by atoms with E-state index in [1.54, 1.807) is 0 Å². The molecule has 0 amide bonds. The predicted molar refractivity (Wildman–Crippen MR) is 62.7 cm³/mol. The Labute approximate surface area is 102 Å². The van der Waals surface area contributed by atoms with Gasteiger partial charge in [-0.15, -0.1) is 0 Å². The standard InChI is InChI=1S/C10H20N2O4S/c1-9-6-12(7-10(8-13)16-9)17(14,15)11-4-2-3-5-11/h9-10,13H,2-8H2,1H3. The molecule has 2 fully saturated rings. The molecule has 7 heteroatoms. The van der Waals surface area contributed by atoms with Crippen molar-refractivity contribution in [1.82, 2.24) is 8.61 Å². The summed E-state index contributed by atoms with van der Waals surface area (Å²) in [6, 6.07) is 0. The monoisotopic (exact) mass is 264 g/mol. The van der Waals surface area contributed by atoms with Gasteiger partial charge in [-0.3, -0.25) is 0 Å². The minimum atomic E-state index is -3.36. The number of aliphatic hydroxyl groups is 1. The molecule has 17 heavy (non-hydrogen) atoms. The van der Waals surface area contributed by atoms with E-state index in [0.717, 1.165) is 12.8 Å². The van der Waals surface area contributed by atoms with E-state index < -0.39 is 16.3 Å². The summed E-state index contributed by atoms with van der Waals surface area (Å²) in [7, 11) is -3.36. The van der Waals surface area contributed by atoms with Crippen LogP contribution in [0.15, 0.2) is 0 Å². The third kappa shape index (κ3) is 2.79. The Morgan fingerprint density at radius 1 is 1.24 bits per heavy atom. The van der Waals surface area contributed by atoms with Crippen LogP contribution in [0.25, 0.3) is 0 Å². The zero-order valence-corrected chi connectivity index (χ0v) is 10.9. The van der Waals surface area contributed by atoms with Gasteiger partial charge >= 0.3 is 0 Å². The Morgan fingerprint density at radius 3 is 2.47 bits per heavy atom. The number of ether oxygens (including phenoxy) is 1. The minimum Gasteiger partial charge on any atom is -0.394 e. The summed E-state index contributed by atoms with van der Waals surface area (Å²) in [5.74, 6) is 0. The molecule has 100 valence electrons. The van der Waals surface area contributed by atoms with Crippen LogP contribution in [-0.4, -0.2) is 67.1 Å². The maximum absolute atomic E-state index is 12.3. The van der Waals surface area contributed by atoms with Crippen molar-refractivity contribution in [3.63, 3.8) is 0 Å². The molecule has 2 rings (SSSR count). The van der Waals surface area contributed by atoms with Crippen LogP contribution in [0.3, 0.4) is 0 Å². The second-order valence-corrected chi connectivity index (χ2v) is 6.61. The molecule has 0 aromatic carbocycles. The number of hydrogen-bond donors (Lipinski definition) is 1. The van der Waals surface area contributed by atoms with Gasteiger partial charge in [-0.1, -0.05) is 0 Å². The van der Waals surface area contributed by atoms with Crippen LogP contribution in [0, 0.1) is 0 Å². The molecule has 2 aliphatic heterocycles. The van der Waals surface area contributed by atoms with E-state index in [4.69, 9.17) is 9.84 Å². The van der Waals surface area contributed by atoms with E-state index in [9.17, 15) is 8.42 Å². The fourth-order valence-corrected chi connectivity index (χ4v) is 4.17. The quantitative estimate of drug-likeness (QED) is 0.739. The third-order valence-electron chi connectivity index (χ3n) is 3.21. The fraction of sp³-hybridized carbons (Fsp3) is 1.00. The van der Waals surface area contributed by atoms with Crippen molar-refractivity contribution < 1.29 is 18.3 Å². The number of hydrogen-bond acceptors (Lipinski definition) is 4. The molecule has 0 bridgehead atoms. The van der Waals surface area contributed by atoms with Gasteiger partial charge in [-0.25, -0.2) is 0 Å². The maximum Gasteiger partial charge on any atom is 0.282 e. The van der Waals surface area contributed by atoms with Gasteiger partial charge in [0.2, 0.25) is 0 Å². The number of morpholine rings is 1. The van der Waals surface area contributed by atoms with E-state index >= 15 is 0 Å². The first-order valence-corrected chi connectivity index (χ1v) is 7.45. The van der Waals surface area contributed by atoms with Crippen molar-refractivity contribution in [3.05, 3.63) is 0 Å². The molecule has 0 aromatic rings. The van der Waals surface area contributed by atoms with Gasteiger partial charge in [0, 0.05) is 26.2 Å². The highest BCUT2D eigenvalue weighted by atomic mass is 32.2. The van der Waals surface area contributed by atoms with Gasteiger partial charge in [0.25, 0.3) is 10.2 Å². The molecule has 2 unspecified atom stereocenters. The first-order chi connectivity index (χ1) is 8.04. The summed E-state index contributed by atoms with van der Waals surface area (Å²) in [4.78, 5) is 0. The number of nitrogens with zero attached hydrogens (tertiary/aromatic N) is 2. The fourth-order valence-electron chi connectivity index (χ4n) is 2.37. The summed E-state index contributed by atoms with van der Waals surface area (Å²) in [6.45, 7) is 3.52. The average molecular weight is 264 g/mol. The minimum absolute atomic E-state index is 0.143. The molecule has 0 radical (unpaired) electrons. The lowest BCUT2D eigenvalue weighted by Crippen LogP contribution is -2.53. The molecule has 2 atom stereocenters. The zero-order valence-electron chi connectivity index (χ0n) is 10.1. The summed E-state index contributed by atoms with van der Waals surface area (Å²) < 4.78 is 33.0. The van der Waals surface area contributed by atoms with E-state index in [1.807, 2.05) is 6.92 Å². The molecule has 2 aliphatic rings. The lowest BCUT2D eigenvalue weighted by molar-refractivity contribution is -0.0760. The smallest absolute Gasteiger partial charge is 0.282 e. The summed E-state index contributed by atoms with van der Waals surface area (Å²) >= 11 is 0. The van der Waals surface area contributed by atoms with Crippen molar-refractivity contribution in [2.45, 2.75) is 32.0 Å². The Kier molecular flexibility index (Phi) is 4.04. The summed E-state index contributed by atoms with van der Waals surface area (Å²) in [5, 5.41) is 9.10. The lowest BCUT2D eigenvalue weighted by Gasteiger charge is -2.36. The topological polar surface area (TPSA) is 70.1 Å². The van der Waals surface area contributed by atoms with E-state index in [1.165, 1.54) is 8.61 Å². The lowest BCUT2D eigenvalue weighted by atomic mass is 10.2. The van der Waals surface area contributed by atoms with Crippen LogP contribution in [0.1, 0.15) is 19.8 Å². The van der Waals surface area contributed by atoms with Crippen LogP contribution in [-0.2, 0) is 14.9 Å². The molecule has 1 N–H and O–H groups in total. The average Bonchev–Trinajstić information content (AvgIpc) is 2.82. The molecule has 0 spiro atoms. The van der Waals surface area contributed by atoms with Gasteiger partial charge < -0.3 is 9.84 Å². The summed E-state index contributed by atoms with van der Waals surface area (Å²) in [5.41, 5.74) is 0. The molecular formula is C10H20N2O4S. The van der Waals surface area contributed by atoms with Gasteiger partial charge in [0.1, 0.15) is 0 Å². The highest BCUT2D eigenvalue weighted by molar-refractivity contribution is 7.86.